The van der Waals surface area contributed by atoms with Crippen molar-refractivity contribution in [3.05, 3.63) is 6.33 Å². The van der Waals surface area contributed by atoms with Crippen LogP contribution in [0.4, 0.5) is 5.95 Å². The Hall–Kier alpha value is -1.97. The quantitative estimate of drug-likeness (QED) is 0.575. The molecular formula is C12H17N5O4. The Morgan fingerprint density at radius 2 is 2.19 bits per heavy atom. The van der Waals surface area contributed by atoms with E-state index < -0.39 is 17.9 Å². The lowest BCUT2D eigenvalue weighted by Gasteiger charge is -2.25. The molecule has 0 unspecified atom stereocenters. The molecule has 2 aromatic heterocycles. The average Bonchev–Trinajstić information content (AvgIpc) is 2.95. The van der Waals surface area contributed by atoms with E-state index in [1.807, 2.05) is 0 Å². The Morgan fingerprint density at radius 1 is 1.48 bits per heavy atom. The first-order valence-electron chi connectivity index (χ1n) is 6.53. The van der Waals surface area contributed by atoms with Gasteiger partial charge in [-0.2, -0.15) is 9.97 Å². The van der Waals surface area contributed by atoms with Crippen LogP contribution < -0.4 is 5.73 Å². The Balaban J connectivity index is 2.10. The summed E-state index contributed by atoms with van der Waals surface area (Å²) in [4.78, 5) is 11.7. The van der Waals surface area contributed by atoms with E-state index in [-0.39, 0.29) is 29.9 Å². The first kappa shape index (κ1) is 14.0. The van der Waals surface area contributed by atoms with E-state index in [1.54, 1.807) is 18.4 Å². The summed E-state index contributed by atoms with van der Waals surface area (Å²) in [5.74, 6) is -0.705. The number of nitrogens with two attached hydrogens (primary N) is 1. The molecule has 1 fully saturated rings. The lowest BCUT2D eigenvalue weighted by atomic mass is 9.93. The maximum Gasteiger partial charge on any atom is 0.244 e. The summed E-state index contributed by atoms with van der Waals surface area (Å²) in [5.41, 5.74) is 4.98. The van der Waals surface area contributed by atoms with E-state index in [0.29, 0.717) is 5.65 Å². The number of ether oxygens (including phenoxy) is 1. The number of aliphatic hydroxyl groups excluding tert-OH is 2. The number of aliphatic hydroxyl groups is 2. The van der Waals surface area contributed by atoms with Gasteiger partial charge in [-0.15, -0.1) is 0 Å². The third-order valence-corrected chi connectivity index (χ3v) is 3.97. The van der Waals surface area contributed by atoms with E-state index in [9.17, 15) is 15.3 Å². The standard InChI is InChI=1S/C12H17N5O4/c1-5-7(19)12(2,3-18)21-10(5)17-4-14-6-8(17)15-11(13)16-9(6)20/h4-5,7,10,18-19H,3H2,1-2H3,(H3,13,15,16,20)/t5-,7-,10+,12+/m0/s1. The Kier molecular flexibility index (Phi) is 3.01. The summed E-state index contributed by atoms with van der Waals surface area (Å²) in [6, 6.07) is 0. The molecule has 1 saturated heterocycles. The largest absolute Gasteiger partial charge is 0.492 e. The van der Waals surface area contributed by atoms with Crippen molar-refractivity contribution in [2.24, 2.45) is 5.92 Å². The molecule has 0 saturated carbocycles. The lowest BCUT2D eigenvalue weighted by molar-refractivity contribution is -0.115. The summed E-state index contributed by atoms with van der Waals surface area (Å²) in [6.07, 6.45) is 0.00349. The van der Waals surface area contributed by atoms with Crippen molar-refractivity contribution in [3.63, 3.8) is 0 Å². The second-order valence-corrected chi connectivity index (χ2v) is 5.51. The topological polar surface area (TPSA) is 140 Å². The van der Waals surface area contributed by atoms with Gasteiger partial charge in [-0.1, -0.05) is 6.92 Å². The highest BCUT2D eigenvalue weighted by atomic mass is 16.6. The molecule has 0 amide bonds. The molecule has 1 aliphatic rings. The van der Waals surface area contributed by atoms with Gasteiger partial charge in [-0.05, 0) is 6.92 Å². The van der Waals surface area contributed by atoms with Crippen molar-refractivity contribution in [3.8, 4) is 5.88 Å². The van der Waals surface area contributed by atoms with E-state index in [4.69, 9.17) is 10.5 Å². The maximum absolute atomic E-state index is 10.2. The van der Waals surface area contributed by atoms with Gasteiger partial charge in [0.2, 0.25) is 11.8 Å². The van der Waals surface area contributed by atoms with Crippen LogP contribution in [-0.2, 0) is 4.74 Å². The van der Waals surface area contributed by atoms with E-state index in [2.05, 4.69) is 15.0 Å². The maximum atomic E-state index is 10.2. The van der Waals surface area contributed by atoms with Crippen LogP contribution in [0.5, 0.6) is 5.88 Å². The molecule has 0 aliphatic carbocycles. The minimum Gasteiger partial charge on any atom is -0.492 e. The Bertz CT molecular complexity index is 690. The van der Waals surface area contributed by atoms with Gasteiger partial charge in [0.25, 0.3) is 0 Å². The van der Waals surface area contributed by atoms with Crippen molar-refractivity contribution < 1.29 is 20.1 Å². The normalized spacial score (nSPS) is 32.9. The Morgan fingerprint density at radius 3 is 2.81 bits per heavy atom. The van der Waals surface area contributed by atoms with Crippen molar-refractivity contribution in [1.29, 1.82) is 0 Å². The molecule has 1 aliphatic heterocycles. The van der Waals surface area contributed by atoms with E-state index >= 15 is 0 Å². The van der Waals surface area contributed by atoms with Crippen LogP contribution >= 0.6 is 0 Å². The molecule has 3 heterocycles. The van der Waals surface area contributed by atoms with Gasteiger partial charge in [0, 0.05) is 5.92 Å². The number of hydrogen-bond acceptors (Lipinski definition) is 8. The zero-order valence-electron chi connectivity index (χ0n) is 11.6. The zero-order valence-corrected chi connectivity index (χ0v) is 11.6. The second kappa shape index (κ2) is 4.52. The van der Waals surface area contributed by atoms with Crippen molar-refractivity contribution in [2.75, 3.05) is 12.3 Å². The molecule has 0 bridgehead atoms. The van der Waals surface area contributed by atoms with E-state index in [1.165, 1.54) is 6.33 Å². The molecule has 2 aromatic rings. The third kappa shape index (κ3) is 1.93. The van der Waals surface area contributed by atoms with Gasteiger partial charge < -0.3 is 25.8 Å². The predicted octanol–water partition coefficient (Wildman–Crippen LogP) is -0.609. The third-order valence-electron chi connectivity index (χ3n) is 3.97. The summed E-state index contributed by atoms with van der Waals surface area (Å²) >= 11 is 0. The number of aromatic nitrogens is 4. The van der Waals surface area contributed by atoms with Crippen LogP contribution in [0.3, 0.4) is 0 Å². The summed E-state index contributed by atoms with van der Waals surface area (Å²) in [6.45, 7) is 3.12. The minimum absolute atomic E-state index is 0.0853. The van der Waals surface area contributed by atoms with Gasteiger partial charge >= 0.3 is 0 Å². The summed E-state index contributed by atoms with van der Waals surface area (Å²) in [7, 11) is 0. The fourth-order valence-electron chi connectivity index (χ4n) is 2.71. The van der Waals surface area contributed by atoms with Gasteiger partial charge in [0.1, 0.15) is 11.8 Å². The number of nitrogen functional groups attached to an aromatic ring is 1. The number of anilines is 1. The van der Waals surface area contributed by atoms with Crippen molar-refractivity contribution in [2.45, 2.75) is 31.8 Å². The number of rotatable bonds is 2. The molecular weight excluding hydrogens is 278 g/mol. The van der Waals surface area contributed by atoms with Crippen LogP contribution in [0, 0.1) is 5.92 Å². The lowest BCUT2D eigenvalue weighted by Crippen LogP contribution is -2.41. The molecule has 9 nitrogen and oxygen atoms in total. The minimum atomic E-state index is -1.07. The molecule has 5 N–H and O–H groups in total. The predicted molar refractivity (Wildman–Crippen MR) is 72.2 cm³/mol. The molecule has 0 spiro atoms. The number of hydrogen-bond donors (Lipinski definition) is 4. The SMILES string of the molecule is C[C@@H]1[C@H](n2cnc3c(O)nc(N)nc32)O[C@](C)(CO)[C@H]1O. The number of aromatic hydroxyl groups is 1. The molecule has 0 radical (unpaired) electrons. The zero-order chi connectivity index (χ0) is 15.4. The number of nitrogens with zero attached hydrogens (tertiary/aromatic N) is 4. The highest BCUT2D eigenvalue weighted by molar-refractivity contribution is 5.77. The smallest absolute Gasteiger partial charge is 0.244 e. The van der Waals surface area contributed by atoms with Gasteiger partial charge in [-0.3, -0.25) is 4.57 Å². The fraction of sp³-hybridized carbons (Fsp3) is 0.583. The van der Waals surface area contributed by atoms with Crippen LogP contribution in [-0.4, -0.2) is 53.2 Å². The van der Waals surface area contributed by atoms with Crippen molar-refractivity contribution in [1.82, 2.24) is 19.5 Å². The Labute approximate surface area is 120 Å². The van der Waals surface area contributed by atoms with Gasteiger partial charge in [0.05, 0.1) is 19.0 Å². The second-order valence-electron chi connectivity index (χ2n) is 5.51. The number of fused-ring (bicyclic) bond motifs is 1. The first-order valence-corrected chi connectivity index (χ1v) is 6.53. The molecule has 114 valence electrons. The highest BCUT2D eigenvalue weighted by Crippen LogP contribution is 2.42. The van der Waals surface area contributed by atoms with Crippen LogP contribution in [0.15, 0.2) is 6.33 Å². The average molecular weight is 295 g/mol. The first-order chi connectivity index (χ1) is 9.87. The van der Waals surface area contributed by atoms with Crippen molar-refractivity contribution >= 4 is 17.1 Å². The summed E-state index contributed by atoms with van der Waals surface area (Å²) < 4.78 is 7.37. The molecule has 21 heavy (non-hydrogen) atoms. The van der Waals surface area contributed by atoms with Crippen LogP contribution in [0.2, 0.25) is 0 Å². The molecule has 3 rings (SSSR count). The van der Waals surface area contributed by atoms with Gasteiger partial charge in [0.15, 0.2) is 11.2 Å². The van der Waals surface area contributed by atoms with Gasteiger partial charge in [-0.25, -0.2) is 4.98 Å². The molecule has 0 aromatic carbocycles. The van der Waals surface area contributed by atoms with E-state index in [0.717, 1.165) is 0 Å². The molecule has 4 atom stereocenters. The monoisotopic (exact) mass is 295 g/mol. The fourth-order valence-corrected chi connectivity index (χ4v) is 2.71. The van der Waals surface area contributed by atoms with Crippen LogP contribution in [0.25, 0.3) is 11.2 Å². The van der Waals surface area contributed by atoms with Crippen LogP contribution in [0.1, 0.15) is 20.1 Å². The highest BCUT2D eigenvalue weighted by Gasteiger charge is 2.50. The molecule has 9 heteroatoms. The number of imidazole rings is 1. The summed E-state index contributed by atoms with van der Waals surface area (Å²) in [5, 5.41) is 29.4.